The van der Waals surface area contributed by atoms with Crippen molar-refractivity contribution in [3.8, 4) is 0 Å². The lowest BCUT2D eigenvalue weighted by molar-refractivity contribution is -0.167. The van der Waals surface area contributed by atoms with Gasteiger partial charge in [-0.3, -0.25) is 43.2 Å². The molecule has 0 unspecified atom stereocenters. The molecule has 25 nitrogen and oxygen atoms in total. The molecule has 0 aliphatic rings. The Kier molecular flexibility index (Phi) is 106. The largest absolute Gasteiger partial charge is 0.481 e. The van der Waals surface area contributed by atoms with E-state index in [1.54, 1.807) is 41.5 Å². The Morgan fingerprint density at radius 3 is 0.565 bits per heavy atom. The average molecular weight is 1970 g/mol. The topological polar surface area (TPSA) is 345 Å². The van der Waals surface area contributed by atoms with E-state index in [1.165, 1.54) is 308 Å². The lowest BCUT2D eigenvalue weighted by atomic mass is 10.1. The number of hydrogen-bond acceptors (Lipinski definition) is 22. The standard InChI is InChI=1S/C39H73NO8.C35H66O6.C31H60O5.C8H15NO4/c1-6-8-10-12-14-16-18-20-22-24-26-28-35(41)45-32-34(33-46-36(42)30-31-40-38(44)48-39(3,4)5)47-37(43)29-27-25-23-21-19-17-15-13-11-9-7-2;1-4-7-9-11-13-15-17-19-21-23-25-28-34(37)40-31-32(30-39-33(36)27-6-3)41-35(38)29-26-24-22-20-18-16-14-12-10-8-5-2;1-3-5-7-9-11-13-15-17-19-21-23-25-30(33)35-28-29(27-32)36-31(34)26-24-22-20-18-16-14-12-10-8-6-4-2;1-8(2,3)13-7(12)9-5-4-6(10)11/h34H,6-33H2,1-5H3,(H,40,44);32H,4-31H2,1-3H3;29,32H,3-28H2,1-2H3;4-5H2,1-3H3,(H,9,12)(H,10,11)/t34-;32-;29-;/m101./s1. The minimum atomic E-state index is -0.948. The van der Waals surface area contributed by atoms with E-state index in [1.807, 2.05) is 6.92 Å². The lowest BCUT2D eigenvalue weighted by Crippen LogP contribution is -2.34. The van der Waals surface area contributed by atoms with Gasteiger partial charge in [0.1, 0.15) is 44.2 Å². The highest BCUT2D eigenvalue weighted by Crippen LogP contribution is 2.22. The molecule has 0 spiro atoms. The third-order valence-electron chi connectivity index (χ3n) is 23.6. The van der Waals surface area contributed by atoms with Crippen molar-refractivity contribution in [2.24, 2.45) is 0 Å². The summed E-state index contributed by atoms with van der Waals surface area (Å²) in [5.41, 5.74) is -1.19. The van der Waals surface area contributed by atoms with Crippen LogP contribution in [0, 0.1) is 0 Å². The molecule has 0 rings (SSSR count). The first kappa shape index (κ1) is 138. The smallest absolute Gasteiger partial charge is 0.407 e. The van der Waals surface area contributed by atoms with Gasteiger partial charge in [0.25, 0.3) is 0 Å². The van der Waals surface area contributed by atoms with Gasteiger partial charge in [-0.15, -0.1) is 0 Å². The van der Waals surface area contributed by atoms with Crippen molar-refractivity contribution in [1.82, 2.24) is 10.6 Å². The zero-order valence-electron chi connectivity index (χ0n) is 91.1. The van der Waals surface area contributed by atoms with Crippen molar-refractivity contribution >= 4 is 65.9 Å². The third-order valence-corrected chi connectivity index (χ3v) is 23.6. The van der Waals surface area contributed by atoms with Crippen molar-refractivity contribution in [2.75, 3.05) is 52.7 Å². The predicted octanol–water partition coefficient (Wildman–Crippen LogP) is 30.3. The first-order valence-corrected chi connectivity index (χ1v) is 56.7. The molecule has 0 aliphatic carbocycles. The van der Waals surface area contributed by atoms with Crippen molar-refractivity contribution in [3.05, 3.63) is 0 Å². The van der Waals surface area contributed by atoms with Gasteiger partial charge in [0.15, 0.2) is 18.3 Å². The molecule has 138 heavy (non-hydrogen) atoms. The summed E-state index contributed by atoms with van der Waals surface area (Å²) in [6.07, 6.45) is 79.6. The zero-order chi connectivity index (χ0) is 103. The van der Waals surface area contributed by atoms with Gasteiger partial charge < -0.3 is 68.2 Å². The first-order chi connectivity index (χ1) is 66.5. The number of carbonyl (C=O) groups excluding carboxylic acids is 10. The summed E-state index contributed by atoms with van der Waals surface area (Å²) in [5.74, 6) is -3.76. The molecule has 2 amide bonds. The van der Waals surface area contributed by atoms with Gasteiger partial charge in [-0.05, 0) is 86.5 Å². The Hall–Kier alpha value is -6.27. The van der Waals surface area contributed by atoms with E-state index >= 15 is 0 Å². The number of esters is 8. The van der Waals surface area contributed by atoms with E-state index in [4.69, 9.17) is 52.5 Å². The third kappa shape index (κ3) is 117. The summed E-state index contributed by atoms with van der Waals surface area (Å²) in [4.78, 5) is 131. The molecule has 0 aromatic carbocycles. The molecule has 814 valence electrons. The van der Waals surface area contributed by atoms with E-state index < -0.39 is 53.6 Å². The van der Waals surface area contributed by atoms with Gasteiger partial charge >= 0.3 is 65.9 Å². The van der Waals surface area contributed by atoms with Gasteiger partial charge in [-0.25, -0.2) is 9.59 Å². The zero-order valence-corrected chi connectivity index (χ0v) is 91.1. The number of amides is 2. The number of carboxylic acid groups (broad SMARTS) is 1. The molecule has 0 aliphatic heterocycles. The van der Waals surface area contributed by atoms with Crippen LogP contribution in [-0.2, 0) is 90.5 Å². The molecule has 0 aromatic rings. The number of hydrogen-bond donors (Lipinski definition) is 4. The van der Waals surface area contributed by atoms with Gasteiger partial charge in [-0.1, -0.05) is 434 Å². The fourth-order valence-corrected chi connectivity index (χ4v) is 15.4. The van der Waals surface area contributed by atoms with Crippen molar-refractivity contribution in [2.45, 2.75) is 608 Å². The highest BCUT2D eigenvalue weighted by molar-refractivity contribution is 5.74. The fourth-order valence-electron chi connectivity index (χ4n) is 15.4. The maximum Gasteiger partial charge on any atom is 0.407 e. The SMILES string of the molecule is CC(C)(C)OC(=O)NCCC(=O)O.CCCCCCCCCCCCCC(=O)OC[C@@H](CO)OC(=O)CCCCCCCCCCCCC.CCCCCCCCCCCCCC(=O)OC[C@H](COC(=O)CCC)OC(=O)CCCCCCCCCCCCC.CCCCCCCCCCCCCC(=O)OC[C@H](COC(=O)CCNC(=O)OC(C)(C)C)OC(=O)CCCCCCCCCCCCC. The Morgan fingerprint density at radius 1 is 0.210 bits per heavy atom. The Morgan fingerprint density at radius 2 is 0.377 bits per heavy atom. The van der Waals surface area contributed by atoms with Crippen LogP contribution in [0.1, 0.15) is 578 Å². The molecule has 3 atom stereocenters. The monoisotopic (exact) mass is 1970 g/mol. The van der Waals surface area contributed by atoms with Gasteiger partial charge in [0, 0.05) is 58.0 Å². The number of nitrogens with one attached hydrogen (secondary N) is 2. The molecule has 0 fully saturated rings. The van der Waals surface area contributed by atoms with Crippen LogP contribution < -0.4 is 10.6 Å². The number of rotatable bonds is 94. The maximum atomic E-state index is 12.6. The van der Waals surface area contributed by atoms with Crippen molar-refractivity contribution in [1.29, 1.82) is 0 Å². The molecule has 0 heterocycles. The van der Waals surface area contributed by atoms with Gasteiger partial charge in [-0.2, -0.15) is 0 Å². The lowest BCUT2D eigenvalue weighted by Gasteiger charge is -2.20. The number of carboxylic acids is 1. The van der Waals surface area contributed by atoms with Crippen molar-refractivity contribution < 1.29 is 110 Å². The molecule has 0 radical (unpaired) electrons. The summed E-state index contributed by atoms with van der Waals surface area (Å²) in [7, 11) is 0. The molecule has 0 aromatic heterocycles. The van der Waals surface area contributed by atoms with E-state index in [0.29, 0.717) is 44.9 Å². The molecule has 25 heteroatoms. The van der Waals surface area contributed by atoms with E-state index in [9.17, 15) is 57.8 Å². The van der Waals surface area contributed by atoms with Gasteiger partial charge in [0.2, 0.25) is 0 Å². The summed E-state index contributed by atoms with van der Waals surface area (Å²) in [6, 6.07) is 0. The Balaban J connectivity index is -0.000000920. The molecule has 0 saturated carbocycles. The first-order valence-electron chi connectivity index (χ1n) is 56.7. The minimum Gasteiger partial charge on any atom is -0.481 e. The second-order valence-corrected chi connectivity index (χ2v) is 40.1. The highest BCUT2D eigenvalue weighted by atomic mass is 16.6. The summed E-state index contributed by atoms with van der Waals surface area (Å²) in [5, 5.41) is 22.6. The number of alkyl carbamates (subject to hydrolysis) is 2. The van der Waals surface area contributed by atoms with Crippen LogP contribution in [0.2, 0.25) is 0 Å². The van der Waals surface area contributed by atoms with E-state index in [0.717, 1.165) is 116 Å². The van der Waals surface area contributed by atoms with Crippen LogP contribution in [0.5, 0.6) is 0 Å². The number of carbonyl (C=O) groups is 11. The number of aliphatic hydroxyl groups is 1. The highest BCUT2D eigenvalue weighted by Gasteiger charge is 2.24. The average Bonchev–Trinajstić information content (AvgIpc) is 0.906. The predicted molar refractivity (Wildman–Crippen MR) is 558 cm³/mol. The van der Waals surface area contributed by atoms with Crippen LogP contribution >= 0.6 is 0 Å². The van der Waals surface area contributed by atoms with Crippen molar-refractivity contribution in [3.63, 3.8) is 0 Å². The minimum absolute atomic E-state index is 0.0466. The quantitative estimate of drug-likeness (QED) is 0.0250. The normalized spacial score (nSPS) is 11.8. The Labute approximate surface area is 842 Å². The fraction of sp³-hybridized carbons (Fsp3) is 0.903. The maximum absolute atomic E-state index is 12.6. The molecular weight excluding hydrogens is 1750 g/mol. The molecule has 0 bridgehead atoms. The van der Waals surface area contributed by atoms with E-state index in [2.05, 4.69) is 52.2 Å². The number of ether oxygens (including phenoxy) is 10. The molecular formula is C113H214N2O23. The summed E-state index contributed by atoms with van der Waals surface area (Å²) < 4.78 is 53.0. The van der Waals surface area contributed by atoms with Gasteiger partial charge in [0.05, 0.1) is 19.4 Å². The Bertz CT molecular complexity index is 2790. The van der Waals surface area contributed by atoms with Crippen LogP contribution in [0.4, 0.5) is 9.59 Å². The number of aliphatic carboxylic acids is 1. The van der Waals surface area contributed by atoms with Crippen LogP contribution in [-0.4, -0.2) is 158 Å². The van der Waals surface area contributed by atoms with Crippen LogP contribution in [0.25, 0.3) is 0 Å². The van der Waals surface area contributed by atoms with E-state index in [-0.39, 0.29) is 114 Å². The summed E-state index contributed by atoms with van der Waals surface area (Å²) in [6.45, 7) is 25.1. The molecule has 4 N–H and O–H groups in total. The second kappa shape index (κ2) is 107. The van der Waals surface area contributed by atoms with Crippen LogP contribution in [0.15, 0.2) is 0 Å². The second-order valence-electron chi connectivity index (χ2n) is 40.1. The molecule has 0 saturated heterocycles. The van der Waals surface area contributed by atoms with Crippen LogP contribution in [0.3, 0.4) is 0 Å². The number of aliphatic hydroxyl groups excluding tert-OH is 1. The number of unbranched alkanes of at least 4 members (excludes halogenated alkanes) is 60. The summed E-state index contributed by atoms with van der Waals surface area (Å²) >= 11 is 0.